The van der Waals surface area contributed by atoms with Crippen molar-refractivity contribution >= 4 is 11.7 Å². The molecule has 5 heteroatoms. The van der Waals surface area contributed by atoms with E-state index in [1.165, 1.54) is 20.6 Å². The summed E-state index contributed by atoms with van der Waals surface area (Å²) in [6.07, 6.45) is 1.25. The molecule has 122 valence electrons. The Balaban J connectivity index is 0. The van der Waals surface area contributed by atoms with Crippen LogP contribution in [0.3, 0.4) is 0 Å². The van der Waals surface area contributed by atoms with E-state index < -0.39 is 5.97 Å². The third kappa shape index (κ3) is 6.04. The van der Waals surface area contributed by atoms with Crippen LogP contribution in [0.2, 0.25) is 0 Å². The number of nitrogen functional groups attached to an aromatic ring is 1. The molecule has 0 saturated carbocycles. The van der Waals surface area contributed by atoms with Crippen molar-refractivity contribution in [2.75, 3.05) is 20.0 Å². The Kier molecular flexibility index (Phi) is 9.47. The number of carbonyl (C=O) groups is 1. The van der Waals surface area contributed by atoms with Gasteiger partial charge in [0.05, 0.1) is 19.9 Å². The van der Waals surface area contributed by atoms with Crippen molar-refractivity contribution in [1.29, 1.82) is 0 Å². The highest BCUT2D eigenvalue weighted by Gasteiger charge is 2.22. The average Bonchev–Trinajstić information content (AvgIpc) is 2.36. The molecule has 1 aromatic rings. The van der Waals surface area contributed by atoms with Crippen molar-refractivity contribution in [3.05, 3.63) is 23.3 Å². The van der Waals surface area contributed by atoms with E-state index in [4.69, 9.17) is 15.2 Å². The molecule has 0 saturated heterocycles. The quantitative estimate of drug-likeness (QED) is 0.671. The number of benzene rings is 1. The largest absolute Gasteiger partial charge is 0.494 e. The van der Waals surface area contributed by atoms with Gasteiger partial charge in [-0.15, -0.1) is 0 Å². The Labute approximate surface area is 127 Å². The molecule has 0 unspecified atom stereocenters. The van der Waals surface area contributed by atoms with Gasteiger partial charge in [-0.1, -0.05) is 41.0 Å². The van der Waals surface area contributed by atoms with E-state index in [0.29, 0.717) is 17.0 Å². The van der Waals surface area contributed by atoms with E-state index in [-0.39, 0.29) is 10.9 Å². The fourth-order valence-electron chi connectivity index (χ4n) is 1.57. The molecule has 0 heterocycles. The van der Waals surface area contributed by atoms with Gasteiger partial charge in [-0.05, 0) is 23.1 Å². The highest BCUT2D eigenvalue weighted by atomic mass is 16.5. The van der Waals surface area contributed by atoms with Gasteiger partial charge >= 0.3 is 5.97 Å². The standard InChI is InChI=1S/C13H19NO3.C3H8.H2O/c1-13(2,3)8-6-9(12(15)17-5)11(16-4)10(14)7-8;1-3-2;/h6-7H,14H2,1-5H3;3H2,1-2H3;1H2. The zero-order valence-corrected chi connectivity index (χ0v) is 14.2. The Hall–Kier alpha value is -1.75. The van der Waals surface area contributed by atoms with Crippen LogP contribution in [0.25, 0.3) is 0 Å². The van der Waals surface area contributed by atoms with Gasteiger partial charge in [-0.25, -0.2) is 4.79 Å². The van der Waals surface area contributed by atoms with E-state index in [9.17, 15) is 4.79 Å². The van der Waals surface area contributed by atoms with Gasteiger partial charge in [0.1, 0.15) is 5.56 Å². The average molecular weight is 299 g/mol. The molecule has 0 atom stereocenters. The van der Waals surface area contributed by atoms with Gasteiger partial charge in [0.25, 0.3) is 0 Å². The first-order valence-corrected chi connectivity index (χ1v) is 6.79. The lowest BCUT2D eigenvalue weighted by Gasteiger charge is -2.21. The van der Waals surface area contributed by atoms with E-state index in [0.717, 1.165) is 5.56 Å². The molecule has 5 nitrogen and oxygen atoms in total. The van der Waals surface area contributed by atoms with E-state index >= 15 is 0 Å². The summed E-state index contributed by atoms with van der Waals surface area (Å²) >= 11 is 0. The van der Waals surface area contributed by atoms with Gasteiger partial charge in [-0.3, -0.25) is 0 Å². The molecule has 0 aliphatic heterocycles. The van der Waals surface area contributed by atoms with Crippen LogP contribution in [0.15, 0.2) is 12.1 Å². The molecule has 1 aromatic carbocycles. The maximum Gasteiger partial charge on any atom is 0.341 e. The van der Waals surface area contributed by atoms with Crippen LogP contribution in [-0.2, 0) is 10.2 Å². The van der Waals surface area contributed by atoms with E-state index in [2.05, 4.69) is 34.6 Å². The lowest BCUT2D eigenvalue weighted by atomic mass is 9.85. The number of hydrogen-bond donors (Lipinski definition) is 1. The van der Waals surface area contributed by atoms with Gasteiger partial charge in [0.15, 0.2) is 5.75 Å². The second-order valence-corrected chi connectivity index (χ2v) is 5.59. The molecular formula is C16H29NO4. The molecule has 1 rings (SSSR count). The molecule has 0 fully saturated rings. The van der Waals surface area contributed by atoms with Crippen molar-refractivity contribution in [2.45, 2.75) is 46.5 Å². The van der Waals surface area contributed by atoms with Crippen LogP contribution < -0.4 is 10.5 Å². The highest BCUT2D eigenvalue weighted by molar-refractivity contribution is 5.95. The number of carbonyl (C=O) groups excluding carboxylic acids is 1. The Morgan fingerprint density at radius 2 is 1.67 bits per heavy atom. The van der Waals surface area contributed by atoms with Crippen LogP contribution >= 0.6 is 0 Å². The van der Waals surface area contributed by atoms with Crippen LogP contribution in [0.5, 0.6) is 5.75 Å². The van der Waals surface area contributed by atoms with E-state index in [1.54, 1.807) is 6.07 Å². The third-order valence-electron chi connectivity index (χ3n) is 2.59. The van der Waals surface area contributed by atoms with Crippen molar-refractivity contribution in [3.63, 3.8) is 0 Å². The summed E-state index contributed by atoms with van der Waals surface area (Å²) < 4.78 is 9.87. The minimum Gasteiger partial charge on any atom is -0.494 e. The zero-order valence-electron chi connectivity index (χ0n) is 14.2. The summed E-state index contributed by atoms with van der Waals surface area (Å²) in [7, 11) is 2.82. The normalized spacial score (nSPS) is 9.86. The van der Waals surface area contributed by atoms with Crippen LogP contribution in [0.1, 0.15) is 57.0 Å². The SMILES string of the molecule is CCC.COC(=O)c1cc(C(C)(C)C)cc(N)c1OC.O. The second kappa shape index (κ2) is 9.23. The maximum absolute atomic E-state index is 11.7. The predicted octanol–water partition coefficient (Wildman–Crippen LogP) is 2.95. The van der Waals surface area contributed by atoms with E-state index in [1.807, 2.05) is 6.07 Å². The summed E-state index contributed by atoms with van der Waals surface area (Å²) in [5.41, 5.74) is 7.57. The fraction of sp³-hybridized carbons (Fsp3) is 0.562. The summed E-state index contributed by atoms with van der Waals surface area (Å²) in [4.78, 5) is 11.7. The van der Waals surface area contributed by atoms with Crippen LogP contribution in [0.4, 0.5) is 5.69 Å². The molecule has 0 bridgehead atoms. The monoisotopic (exact) mass is 299 g/mol. The van der Waals surface area contributed by atoms with Gasteiger partial charge < -0.3 is 20.7 Å². The minimum atomic E-state index is -0.445. The maximum atomic E-state index is 11.7. The van der Waals surface area contributed by atoms with Crippen molar-refractivity contribution in [2.24, 2.45) is 0 Å². The van der Waals surface area contributed by atoms with Gasteiger partial charge in [0, 0.05) is 0 Å². The molecule has 0 spiro atoms. The number of rotatable bonds is 2. The molecule has 0 aliphatic carbocycles. The first-order valence-electron chi connectivity index (χ1n) is 6.79. The summed E-state index contributed by atoms with van der Waals surface area (Å²) in [5, 5.41) is 0. The molecule has 21 heavy (non-hydrogen) atoms. The van der Waals surface area contributed by atoms with Crippen molar-refractivity contribution in [3.8, 4) is 5.75 Å². The third-order valence-corrected chi connectivity index (χ3v) is 2.59. The first kappa shape index (κ1) is 21.5. The number of nitrogens with two attached hydrogens (primary N) is 1. The van der Waals surface area contributed by atoms with Crippen molar-refractivity contribution in [1.82, 2.24) is 0 Å². The molecule has 0 radical (unpaired) electrons. The number of anilines is 1. The zero-order chi connectivity index (χ0) is 15.9. The van der Waals surface area contributed by atoms with Gasteiger partial charge in [0.2, 0.25) is 0 Å². The Bertz CT molecular complexity index is 450. The number of ether oxygens (including phenoxy) is 2. The summed E-state index contributed by atoms with van der Waals surface area (Å²) in [6.45, 7) is 10.4. The Morgan fingerprint density at radius 3 is 2.00 bits per heavy atom. The minimum absolute atomic E-state index is 0. The highest BCUT2D eigenvalue weighted by Crippen LogP contribution is 2.33. The first-order chi connectivity index (χ1) is 9.22. The van der Waals surface area contributed by atoms with Crippen LogP contribution in [-0.4, -0.2) is 25.7 Å². The molecule has 4 N–H and O–H groups in total. The number of methoxy groups -OCH3 is 2. The number of hydrogen-bond acceptors (Lipinski definition) is 4. The van der Waals surface area contributed by atoms with Crippen molar-refractivity contribution < 1.29 is 19.7 Å². The lowest BCUT2D eigenvalue weighted by molar-refractivity contribution is 0.0597. The predicted molar refractivity (Wildman–Crippen MR) is 87.0 cm³/mol. The smallest absolute Gasteiger partial charge is 0.341 e. The number of esters is 1. The summed E-state index contributed by atoms with van der Waals surface area (Å²) in [6, 6.07) is 3.59. The molecular weight excluding hydrogens is 270 g/mol. The molecule has 0 aromatic heterocycles. The Morgan fingerprint density at radius 1 is 1.19 bits per heavy atom. The molecule has 0 aliphatic rings. The van der Waals surface area contributed by atoms with Gasteiger partial charge in [-0.2, -0.15) is 0 Å². The second-order valence-electron chi connectivity index (χ2n) is 5.59. The topological polar surface area (TPSA) is 93.0 Å². The molecule has 0 amide bonds. The summed E-state index contributed by atoms with van der Waals surface area (Å²) in [5.74, 6) is -0.0792. The fourth-order valence-corrected chi connectivity index (χ4v) is 1.57. The van der Waals surface area contributed by atoms with Crippen LogP contribution in [0, 0.1) is 0 Å². The lowest BCUT2D eigenvalue weighted by Crippen LogP contribution is -2.15.